The van der Waals surface area contributed by atoms with Crippen LogP contribution in [0.3, 0.4) is 0 Å². The molecule has 0 saturated carbocycles. The second-order valence-corrected chi connectivity index (χ2v) is 6.06. The minimum Gasteiger partial charge on any atom is -0.309 e. The van der Waals surface area contributed by atoms with Crippen molar-refractivity contribution in [3.63, 3.8) is 0 Å². The number of aryl methyl sites for hydroxylation is 1. The van der Waals surface area contributed by atoms with E-state index in [9.17, 15) is 0 Å². The third-order valence-electron chi connectivity index (χ3n) is 2.53. The molecule has 0 spiro atoms. The molecule has 0 aliphatic carbocycles. The zero-order chi connectivity index (χ0) is 12.8. The first-order chi connectivity index (χ1) is 8.75. The number of nitrogens with one attached hydrogen (secondary N) is 1. The van der Waals surface area contributed by atoms with Gasteiger partial charge in [-0.05, 0) is 31.4 Å². The lowest BCUT2D eigenvalue weighted by atomic mass is 10.3. The first-order valence-corrected chi connectivity index (χ1v) is 7.81. The molecule has 0 saturated heterocycles. The number of thioether (sulfide) groups is 1. The van der Waals surface area contributed by atoms with Crippen molar-refractivity contribution in [1.29, 1.82) is 0 Å². The second-order valence-electron chi connectivity index (χ2n) is 4.02. The Kier molecular flexibility index (Phi) is 5.16. The molecule has 18 heavy (non-hydrogen) atoms. The molecule has 1 unspecified atom stereocenters. The Morgan fingerprint density at radius 1 is 1.44 bits per heavy atom. The van der Waals surface area contributed by atoms with Crippen molar-refractivity contribution in [3.05, 3.63) is 40.3 Å². The molecule has 1 N–H and O–H groups in total. The molecule has 2 aromatic rings. The summed E-state index contributed by atoms with van der Waals surface area (Å²) < 4.78 is 0. The van der Waals surface area contributed by atoms with Crippen molar-refractivity contribution in [2.24, 2.45) is 0 Å². The molecule has 0 bridgehead atoms. The van der Waals surface area contributed by atoms with Crippen LogP contribution in [-0.4, -0.2) is 22.3 Å². The van der Waals surface area contributed by atoms with E-state index < -0.39 is 0 Å². The van der Waals surface area contributed by atoms with Crippen molar-refractivity contribution < 1.29 is 0 Å². The van der Waals surface area contributed by atoms with Crippen LogP contribution in [0.25, 0.3) is 0 Å². The second kappa shape index (κ2) is 6.87. The van der Waals surface area contributed by atoms with Gasteiger partial charge in [0, 0.05) is 35.1 Å². The van der Waals surface area contributed by atoms with Crippen molar-refractivity contribution in [2.45, 2.75) is 25.0 Å². The minimum absolute atomic E-state index is 0.420. The largest absolute Gasteiger partial charge is 0.309 e. The Balaban J connectivity index is 1.70. The molecule has 2 rings (SSSR count). The van der Waals surface area contributed by atoms with Gasteiger partial charge in [0.15, 0.2) is 5.16 Å². The molecule has 0 radical (unpaired) electrons. The minimum atomic E-state index is 0.420. The normalized spacial score (nSPS) is 12.6. The van der Waals surface area contributed by atoms with E-state index >= 15 is 0 Å². The Morgan fingerprint density at radius 3 is 3.06 bits per heavy atom. The van der Waals surface area contributed by atoms with Gasteiger partial charge >= 0.3 is 0 Å². The molecule has 2 heterocycles. The number of rotatable bonds is 6. The predicted molar refractivity (Wildman–Crippen MR) is 78.2 cm³/mol. The van der Waals surface area contributed by atoms with Gasteiger partial charge in [0.25, 0.3) is 0 Å². The average Bonchev–Trinajstić information content (AvgIpc) is 2.88. The fourth-order valence-electron chi connectivity index (χ4n) is 1.55. The number of hydrogen-bond acceptors (Lipinski definition) is 5. The first-order valence-electron chi connectivity index (χ1n) is 5.95. The van der Waals surface area contributed by atoms with Gasteiger partial charge in [-0.15, -0.1) is 11.3 Å². The van der Waals surface area contributed by atoms with Crippen LogP contribution in [0.5, 0.6) is 0 Å². The van der Waals surface area contributed by atoms with Crippen LogP contribution in [0.15, 0.2) is 34.9 Å². The number of hydrogen-bond donors (Lipinski definition) is 1. The van der Waals surface area contributed by atoms with Crippen LogP contribution in [0, 0.1) is 6.92 Å². The number of nitrogens with zero attached hydrogens (tertiary/aromatic N) is 2. The van der Waals surface area contributed by atoms with E-state index in [1.165, 1.54) is 4.88 Å². The molecule has 0 fully saturated rings. The summed E-state index contributed by atoms with van der Waals surface area (Å²) in [5, 5.41) is 6.48. The van der Waals surface area contributed by atoms with Gasteiger partial charge in [-0.3, -0.25) is 0 Å². The number of aromatic nitrogens is 2. The van der Waals surface area contributed by atoms with E-state index in [4.69, 9.17) is 0 Å². The first kappa shape index (κ1) is 13.5. The molecule has 3 nitrogen and oxygen atoms in total. The van der Waals surface area contributed by atoms with Crippen LogP contribution in [-0.2, 0) is 0 Å². The van der Waals surface area contributed by atoms with Crippen LogP contribution < -0.4 is 5.32 Å². The Morgan fingerprint density at radius 2 is 2.33 bits per heavy atom. The standard InChI is InChI=1S/C13H17N3S2/c1-10-5-6-15-13(16-10)18-9-7-14-11(2)12-4-3-8-17-12/h3-6,8,11,14H,7,9H2,1-2H3. The summed E-state index contributed by atoms with van der Waals surface area (Å²) in [5.41, 5.74) is 1.02. The highest BCUT2D eigenvalue weighted by molar-refractivity contribution is 7.99. The van der Waals surface area contributed by atoms with Crippen molar-refractivity contribution in [2.75, 3.05) is 12.3 Å². The predicted octanol–water partition coefficient (Wildman–Crippen LogP) is 3.29. The quantitative estimate of drug-likeness (QED) is 0.500. The molecule has 0 amide bonds. The maximum absolute atomic E-state index is 4.37. The van der Waals surface area contributed by atoms with Crippen LogP contribution in [0.2, 0.25) is 0 Å². The monoisotopic (exact) mass is 279 g/mol. The average molecular weight is 279 g/mol. The lowest BCUT2D eigenvalue weighted by Crippen LogP contribution is -2.20. The summed E-state index contributed by atoms with van der Waals surface area (Å²) in [6.45, 7) is 5.14. The molecular weight excluding hydrogens is 262 g/mol. The van der Waals surface area contributed by atoms with Crippen LogP contribution in [0.4, 0.5) is 0 Å². The highest BCUT2D eigenvalue weighted by Gasteiger charge is 2.05. The fourth-order valence-corrected chi connectivity index (χ4v) is 3.06. The molecule has 0 aliphatic heterocycles. The van der Waals surface area contributed by atoms with Gasteiger partial charge in [-0.2, -0.15) is 0 Å². The molecule has 0 aliphatic rings. The van der Waals surface area contributed by atoms with E-state index in [2.05, 4.69) is 39.7 Å². The van der Waals surface area contributed by atoms with E-state index in [-0.39, 0.29) is 0 Å². The Labute approximate surface area is 116 Å². The van der Waals surface area contributed by atoms with Gasteiger partial charge < -0.3 is 5.32 Å². The molecule has 96 valence electrons. The smallest absolute Gasteiger partial charge is 0.187 e. The SMILES string of the molecule is Cc1ccnc(SCCNC(C)c2cccs2)n1. The summed E-state index contributed by atoms with van der Waals surface area (Å²) in [6, 6.07) is 6.59. The zero-order valence-corrected chi connectivity index (χ0v) is 12.2. The third-order valence-corrected chi connectivity index (χ3v) is 4.44. The highest BCUT2D eigenvalue weighted by atomic mass is 32.2. The molecule has 2 aromatic heterocycles. The van der Waals surface area contributed by atoms with Crippen LogP contribution in [0.1, 0.15) is 23.5 Å². The van der Waals surface area contributed by atoms with E-state index in [0.29, 0.717) is 6.04 Å². The Hall–Kier alpha value is -0.910. The van der Waals surface area contributed by atoms with E-state index in [0.717, 1.165) is 23.1 Å². The molecular formula is C13H17N3S2. The van der Waals surface area contributed by atoms with Crippen molar-refractivity contribution in [1.82, 2.24) is 15.3 Å². The van der Waals surface area contributed by atoms with Crippen molar-refractivity contribution >= 4 is 23.1 Å². The van der Waals surface area contributed by atoms with Crippen LogP contribution >= 0.6 is 23.1 Å². The topological polar surface area (TPSA) is 37.8 Å². The molecule has 5 heteroatoms. The van der Waals surface area contributed by atoms with Crippen molar-refractivity contribution in [3.8, 4) is 0 Å². The highest BCUT2D eigenvalue weighted by Crippen LogP contribution is 2.18. The maximum Gasteiger partial charge on any atom is 0.187 e. The number of thiophene rings is 1. The van der Waals surface area contributed by atoms with E-state index in [1.54, 1.807) is 23.1 Å². The van der Waals surface area contributed by atoms with Gasteiger partial charge in [-0.25, -0.2) is 9.97 Å². The van der Waals surface area contributed by atoms with Gasteiger partial charge in [-0.1, -0.05) is 17.8 Å². The van der Waals surface area contributed by atoms with Gasteiger partial charge in [0.1, 0.15) is 0 Å². The fraction of sp³-hybridized carbons (Fsp3) is 0.385. The summed E-state index contributed by atoms with van der Waals surface area (Å²) in [7, 11) is 0. The summed E-state index contributed by atoms with van der Waals surface area (Å²) in [4.78, 5) is 9.98. The third kappa shape index (κ3) is 4.08. The lowest BCUT2D eigenvalue weighted by molar-refractivity contribution is 0.610. The Bertz CT molecular complexity index is 471. The maximum atomic E-state index is 4.37. The lowest BCUT2D eigenvalue weighted by Gasteiger charge is -2.11. The summed E-state index contributed by atoms with van der Waals surface area (Å²) >= 11 is 3.49. The molecule has 1 atom stereocenters. The van der Waals surface area contributed by atoms with Gasteiger partial charge in [0.2, 0.25) is 0 Å². The zero-order valence-electron chi connectivity index (χ0n) is 10.6. The van der Waals surface area contributed by atoms with E-state index in [1.807, 2.05) is 19.2 Å². The van der Waals surface area contributed by atoms with Gasteiger partial charge in [0.05, 0.1) is 0 Å². The molecule has 0 aromatic carbocycles. The summed E-state index contributed by atoms with van der Waals surface area (Å²) in [5.74, 6) is 0.985. The summed E-state index contributed by atoms with van der Waals surface area (Å²) in [6.07, 6.45) is 1.81.